The van der Waals surface area contributed by atoms with E-state index < -0.39 is 0 Å². The lowest BCUT2D eigenvalue weighted by molar-refractivity contribution is 0.288. The van der Waals surface area contributed by atoms with Gasteiger partial charge in [0.05, 0.1) is 24.1 Å². The predicted octanol–water partition coefficient (Wildman–Crippen LogP) is 5.33. The van der Waals surface area contributed by atoms with E-state index in [1.165, 1.54) is 0 Å². The largest absolute Gasteiger partial charge is 0.497 e. The normalized spacial score (nSPS) is 11.1. The summed E-state index contributed by atoms with van der Waals surface area (Å²) >= 11 is 0. The summed E-state index contributed by atoms with van der Waals surface area (Å²) in [6.45, 7) is 9.96. The van der Waals surface area contributed by atoms with Gasteiger partial charge in [-0.25, -0.2) is 9.97 Å². The zero-order chi connectivity index (χ0) is 25.1. The fourth-order valence-corrected chi connectivity index (χ4v) is 3.86. The van der Waals surface area contributed by atoms with E-state index >= 15 is 0 Å². The van der Waals surface area contributed by atoms with Crippen molar-refractivity contribution in [3.63, 3.8) is 0 Å². The summed E-state index contributed by atoms with van der Waals surface area (Å²) in [5.74, 6) is 2.64. The van der Waals surface area contributed by atoms with Crippen molar-refractivity contribution in [1.82, 2.24) is 19.5 Å². The van der Waals surface area contributed by atoms with Crippen molar-refractivity contribution in [3.05, 3.63) is 93.4 Å². The van der Waals surface area contributed by atoms with Gasteiger partial charge >= 0.3 is 0 Å². The van der Waals surface area contributed by atoms with Crippen LogP contribution in [0.15, 0.2) is 59.5 Å². The molecule has 4 aromatic rings. The van der Waals surface area contributed by atoms with E-state index in [2.05, 4.69) is 23.8 Å². The van der Waals surface area contributed by atoms with Gasteiger partial charge in [0.2, 0.25) is 5.88 Å². The zero-order valence-electron chi connectivity index (χ0n) is 21.0. The number of hydrogen-bond acceptors (Lipinski definition) is 6. The molecule has 0 atom stereocenters. The molecule has 2 heterocycles. The fourth-order valence-electron chi connectivity index (χ4n) is 3.86. The number of rotatable bonds is 7. The van der Waals surface area contributed by atoms with Crippen LogP contribution in [-0.2, 0) is 6.61 Å². The Bertz CT molecular complexity index is 1430. The second-order valence-electron chi connectivity index (χ2n) is 8.83. The number of methoxy groups -OCH3 is 1. The third kappa shape index (κ3) is 5.09. The maximum atomic E-state index is 13.4. The minimum absolute atomic E-state index is 0.169. The molecule has 0 N–H and O–H groups in total. The number of benzene rings is 2. The third-order valence-electron chi connectivity index (χ3n) is 5.83. The molecule has 4 rings (SSSR count). The van der Waals surface area contributed by atoms with Gasteiger partial charge in [-0.15, -0.1) is 0 Å². The second-order valence-corrected chi connectivity index (χ2v) is 8.83. The number of ether oxygens (including phenoxy) is 2. The molecule has 7 heteroatoms. The molecule has 2 aromatic heterocycles. The first kappa shape index (κ1) is 24.1. The van der Waals surface area contributed by atoms with E-state index in [-0.39, 0.29) is 18.1 Å². The first-order chi connectivity index (χ1) is 16.8. The molecule has 0 aliphatic carbocycles. The van der Waals surface area contributed by atoms with E-state index in [0.717, 1.165) is 39.6 Å². The second kappa shape index (κ2) is 10.1. The highest BCUT2D eigenvalue weighted by Crippen LogP contribution is 2.25. The van der Waals surface area contributed by atoms with Crippen LogP contribution in [0.25, 0.3) is 16.9 Å². The Morgan fingerprint density at radius 3 is 2.51 bits per heavy atom. The topological polar surface area (TPSA) is 79.1 Å². The Hall–Kier alpha value is -4.00. The summed E-state index contributed by atoms with van der Waals surface area (Å²) in [5, 5.41) is 0. The molecular weight excluding hydrogens is 440 g/mol. The summed E-state index contributed by atoms with van der Waals surface area (Å²) in [5.41, 5.74) is 4.70. The van der Waals surface area contributed by atoms with E-state index in [4.69, 9.17) is 14.5 Å². The Morgan fingerprint density at radius 1 is 1.00 bits per heavy atom. The molecule has 180 valence electrons. The van der Waals surface area contributed by atoms with Gasteiger partial charge in [0.1, 0.15) is 24.0 Å². The van der Waals surface area contributed by atoms with Gasteiger partial charge in [-0.1, -0.05) is 38.1 Å². The molecule has 35 heavy (non-hydrogen) atoms. The summed E-state index contributed by atoms with van der Waals surface area (Å²) in [6.07, 6.45) is 1.85. The van der Waals surface area contributed by atoms with Crippen molar-refractivity contribution in [1.29, 1.82) is 0 Å². The first-order valence-electron chi connectivity index (χ1n) is 11.6. The maximum Gasteiger partial charge on any atom is 0.264 e. The van der Waals surface area contributed by atoms with Gasteiger partial charge in [0.15, 0.2) is 0 Å². The van der Waals surface area contributed by atoms with E-state index in [0.29, 0.717) is 17.3 Å². The fraction of sp³-hybridized carbons (Fsp3) is 0.286. The van der Waals surface area contributed by atoms with Crippen molar-refractivity contribution in [2.24, 2.45) is 0 Å². The van der Waals surface area contributed by atoms with E-state index in [9.17, 15) is 4.79 Å². The van der Waals surface area contributed by atoms with Crippen molar-refractivity contribution < 1.29 is 9.47 Å². The molecule has 0 bridgehead atoms. The lowest BCUT2D eigenvalue weighted by Crippen LogP contribution is -2.25. The molecule has 0 spiro atoms. The SMILES string of the molecule is COc1cccc(COc2nc(C)n(-c3cccc(-c4nc(C(C)C)ncc4C)c3)c(=O)c2C)c1. The molecule has 7 nitrogen and oxygen atoms in total. The van der Waals surface area contributed by atoms with Crippen LogP contribution in [0.1, 0.15) is 48.1 Å². The van der Waals surface area contributed by atoms with E-state index in [1.807, 2.05) is 61.7 Å². The van der Waals surface area contributed by atoms with Gasteiger partial charge < -0.3 is 9.47 Å². The highest BCUT2D eigenvalue weighted by Gasteiger charge is 2.16. The Balaban J connectivity index is 1.68. The number of aromatic nitrogens is 4. The summed E-state index contributed by atoms with van der Waals surface area (Å²) < 4.78 is 12.8. The predicted molar refractivity (Wildman–Crippen MR) is 136 cm³/mol. The Kier molecular flexibility index (Phi) is 6.96. The number of hydrogen-bond donors (Lipinski definition) is 0. The van der Waals surface area contributed by atoms with Crippen LogP contribution in [0.2, 0.25) is 0 Å². The summed E-state index contributed by atoms with van der Waals surface area (Å²) in [7, 11) is 1.62. The highest BCUT2D eigenvalue weighted by atomic mass is 16.5. The average molecular weight is 471 g/mol. The van der Waals surface area contributed by atoms with Crippen molar-refractivity contribution >= 4 is 0 Å². The molecule has 0 amide bonds. The van der Waals surface area contributed by atoms with E-state index in [1.54, 1.807) is 25.5 Å². The molecule has 0 fully saturated rings. The number of aryl methyl sites for hydroxylation is 2. The van der Waals surface area contributed by atoms with Gasteiger partial charge in [-0.2, -0.15) is 4.98 Å². The molecular formula is C28H30N4O3. The van der Waals surface area contributed by atoms with Gasteiger partial charge in [-0.3, -0.25) is 9.36 Å². The van der Waals surface area contributed by atoms with Crippen LogP contribution in [0.3, 0.4) is 0 Å². The molecule has 0 aliphatic rings. The lowest BCUT2D eigenvalue weighted by Gasteiger charge is -2.15. The summed E-state index contributed by atoms with van der Waals surface area (Å²) in [4.78, 5) is 27.2. The monoisotopic (exact) mass is 470 g/mol. The third-order valence-corrected chi connectivity index (χ3v) is 5.83. The zero-order valence-corrected chi connectivity index (χ0v) is 21.0. The number of nitrogens with zero attached hydrogens (tertiary/aromatic N) is 4. The smallest absolute Gasteiger partial charge is 0.264 e. The minimum atomic E-state index is -0.169. The van der Waals surface area contributed by atoms with Gasteiger partial charge in [0, 0.05) is 17.7 Å². The van der Waals surface area contributed by atoms with Crippen molar-refractivity contribution in [2.45, 2.75) is 47.1 Å². The minimum Gasteiger partial charge on any atom is -0.497 e. The van der Waals surface area contributed by atoms with Crippen LogP contribution in [0, 0.1) is 20.8 Å². The first-order valence-corrected chi connectivity index (χ1v) is 11.6. The standard InChI is InChI=1S/C28H30N4O3/c1-17(2)26-29-15-18(3)25(31-26)22-10-8-11-23(14-22)32-20(5)30-27(19(4)28(32)33)35-16-21-9-7-12-24(13-21)34-6/h7-15,17H,16H2,1-6H3. The molecule has 0 saturated carbocycles. The van der Waals surface area contributed by atoms with Gasteiger partial charge in [0.25, 0.3) is 5.56 Å². The van der Waals surface area contributed by atoms with Crippen LogP contribution < -0.4 is 15.0 Å². The molecule has 0 radical (unpaired) electrons. The van der Waals surface area contributed by atoms with Crippen LogP contribution in [-0.4, -0.2) is 26.6 Å². The maximum absolute atomic E-state index is 13.4. The molecule has 0 saturated heterocycles. The van der Waals surface area contributed by atoms with Crippen molar-refractivity contribution in [2.75, 3.05) is 7.11 Å². The Labute approximate surface area is 205 Å². The summed E-state index contributed by atoms with van der Waals surface area (Å²) in [6, 6.07) is 15.4. The molecule has 0 unspecified atom stereocenters. The quantitative estimate of drug-likeness (QED) is 0.363. The van der Waals surface area contributed by atoms with Crippen LogP contribution >= 0.6 is 0 Å². The average Bonchev–Trinajstić information content (AvgIpc) is 2.86. The lowest BCUT2D eigenvalue weighted by atomic mass is 10.1. The van der Waals surface area contributed by atoms with Crippen LogP contribution in [0.4, 0.5) is 0 Å². The molecule has 0 aliphatic heterocycles. The van der Waals surface area contributed by atoms with Crippen molar-refractivity contribution in [3.8, 4) is 28.6 Å². The Morgan fingerprint density at radius 2 is 1.77 bits per heavy atom. The highest BCUT2D eigenvalue weighted by molar-refractivity contribution is 5.65. The van der Waals surface area contributed by atoms with Gasteiger partial charge in [-0.05, 0) is 56.2 Å². The van der Waals surface area contributed by atoms with Crippen LogP contribution in [0.5, 0.6) is 11.6 Å². The molecule has 2 aromatic carbocycles.